The maximum absolute atomic E-state index is 3.86. The van der Waals surface area contributed by atoms with Crippen LogP contribution < -0.4 is 0 Å². The van der Waals surface area contributed by atoms with Crippen LogP contribution in [0.15, 0.2) is 6.07 Å². The van der Waals surface area contributed by atoms with Crippen molar-refractivity contribution in [3.05, 3.63) is 33.9 Å². The zero-order chi connectivity index (χ0) is 12.5. The van der Waals surface area contributed by atoms with Crippen molar-refractivity contribution in [2.45, 2.75) is 52.8 Å². The van der Waals surface area contributed by atoms with Gasteiger partial charge in [-0.2, -0.15) is 0 Å². The van der Waals surface area contributed by atoms with Crippen LogP contribution in [0.5, 0.6) is 0 Å². The van der Waals surface area contributed by atoms with Gasteiger partial charge in [0.15, 0.2) is 0 Å². The molecule has 90 valence electrons. The van der Waals surface area contributed by atoms with Gasteiger partial charge in [0.1, 0.15) is 0 Å². The molecule has 0 fully saturated rings. The summed E-state index contributed by atoms with van der Waals surface area (Å²) < 4.78 is 0. The van der Waals surface area contributed by atoms with Gasteiger partial charge in [-0.25, -0.2) is 0 Å². The van der Waals surface area contributed by atoms with Gasteiger partial charge in [-0.1, -0.05) is 35.8 Å². The minimum Gasteiger partial charge on any atom is -0.0838 e. The van der Waals surface area contributed by atoms with Crippen LogP contribution in [0.4, 0.5) is 0 Å². The summed E-state index contributed by atoms with van der Waals surface area (Å²) in [6.45, 7) is 13.5. The molecule has 1 rings (SSSR count). The highest BCUT2D eigenvalue weighted by atomic mass is 79.9. The molecular weight excluding hydrogens is 260 g/mol. The average Bonchev–Trinajstić information content (AvgIpc) is 2.14. The Kier molecular flexibility index (Phi) is 4.61. The maximum Gasteiger partial charge on any atom is 0.0403 e. The lowest BCUT2D eigenvalue weighted by molar-refractivity contribution is 0.581. The molecule has 16 heavy (non-hydrogen) atoms. The van der Waals surface area contributed by atoms with Crippen LogP contribution in [0.3, 0.4) is 0 Å². The SMILES string of the molecule is Cc1cc(C)c(C)c(C(Br)CC(C)C)c1C. The summed E-state index contributed by atoms with van der Waals surface area (Å²) in [5, 5.41) is 0. The van der Waals surface area contributed by atoms with Crippen LogP contribution >= 0.6 is 15.9 Å². The van der Waals surface area contributed by atoms with Crippen LogP contribution in [0.1, 0.15) is 52.9 Å². The summed E-state index contributed by atoms with van der Waals surface area (Å²) in [4.78, 5) is 0.492. The topological polar surface area (TPSA) is 0 Å². The van der Waals surface area contributed by atoms with Crippen molar-refractivity contribution in [2.24, 2.45) is 5.92 Å². The molecule has 0 aliphatic carbocycles. The number of hydrogen-bond donors (Lipinski definition) is 0. The Bertz CT molecular complexity index is 351. The quantitative estimate of drug-likeness (QED) is 0.651. The summed E-state index contributed by atoms with van der Waals surface area (Å²) in [5.74, 6) is 0.726. The van der Waals surface area contributed by atoms with Crippen LogP contribution in [0.25, 0.3) is 0 Å². The first-order valence-corrected chi connectivity index (χ1v) is 6.97. The predicted molar refractivity (Wildman–Crippen MR) is 76.5 cm³/mol. The summed E-state index contributed by atoms with van der Waals surface area (Å²) in [6, 6.07) is 2.29. The maximum atomic E-state index is 3.86. The van der Waals surface area contributed by atoms with Crippen molar-refractivity contribution in [1.82, 2.24) is 0 Å². The third-order valence-corrected chi connectivity index (χ3v) is 4.25. The van der Waals surface area contributed by atoms with Crippen molar-refractivity contribution in [2.75, 3.05) is 0 Å². The monoisotopic (exact) mass is 282 g/mol. The summed E-state index contributed by atoms with van der Waals surface area (Å²) >= 11 is 3.86. The lowest BCUT2D eigenvalue weighted by Gasteiger charge is -2.21. The van der Waals surface area contributed by atoms with E-state index in [-0.39, 0.29) is 0 Å². The molecular formula is C15H23Br. The minimum absolute atomic E-state index is 0.492. The largest absolute Gasteiger partial charge is 0.0838 e. The molecule has 1 aromatic rings. The van der Waals surface area contributed by atoms with E-state index in [2.05, 4.69) is 63.5 Å². The van der Waals surface area contributed by atoms with Crippen molar-refractivity contribution in [3.8, 4) is 0 Å². The summed E-state index contributed by atoms with van der Waals surface area (Å²) in [6.07, 6.45) is 1.20. The number of hydrogen-bond acceptors (Lipinski definition) is 0. The number of halogens is 1. The first kappa shape index (κ1) is 13.8. The lowest BCUT2D eigenvalue weighted by Crippen LogP contribution is -2.04. The molecule has 0 amide bonds. The molecule has 1 atom stereocenters. The Hall–Kier alpha value is -0.300. The van der Waals surface area contributed by atoms with E-state index < -0.39 is 0 Å². The zero-order valence-corrected chi connectivity index (χ0v) is 12.9. The Balaban J connectivity index is 3.21. The molecule has 1 heteroatoms. The van der Waals surface area contributed by atoms with Crippen molar-refractivity contribution in [3.63, 3.8) is 0 Å². The molecule has 0 heterocycles. The highest BCUT2D eigenvalue weighted by Gasteiger charge is 2.17. The van der Waals surface area contributed by atoms with E-state index in [1.807, 2.05) is 0 Å². The van der Waals surface area contributed by atoms with Crippen LogP contribution in [-0.2, 0) is 0 Å². The molecule has 0 radical (unpaired) electrons. The Labute approximate surface area is 109 Å². The number of alkyl halides is 1. The molecule has 0 saturated heterocycles. The number of rotatable bonds is 3. The summed E-state index contributed by atoms with van der Waals surface area (Å²) in [7, 11) is 0. The van der Waals surface area contributed by atoms with Gasteiger partial charge in [-0.05, 0) is 67.9 Å². The van der Waals surface area contributed by atoms with E-state index in [1.54, 1.807) is 0 Å². The standard InChI is InChI=1S/C15H23Br/c1-9(2)7-14(16)15-12(5)10(3)8-11(4)13(15)6/h8-9,14H,7H2,1-6H3. The first-order chi connectivity index (χ1) is 7.34. The zero-order valence-electron chi connectivity index (χ0n) is 11.3. The third kappa shape index (κ3) is 2.88. The highest BCUT2D eigenvalue weighted by molar-refractivity contribution is 9.09. The van der Waals surface area contributed by atoms with Gasteiger partial charge in [0.2, 0.25) is 0 Å². The van der Waals surface area contributed by atoms with Gasteiger partial charge < -0.3 is 0 Å². The Morgan fingerprint density at radius 3 is 1.81 bits per heavy atom. The van der Waals surface area contributed by atoms with Gasteiger partial charge in [-0.3, -0.25) is 0 Å². The van der Waals surface area contributed by atoms with Gasteiger partial charge in [0, 0.05) is 4.83 Å². The second kappa shape index (κ2) is 5.35. The predicted octanol–water partition coefficient (Wildman–Crippen LogP) is 5.40. The van der Waals surface area contributed by atoms with Crippen molar-refractivity contribution in [1.29, 1.82) is 0 Å². The molecule has 0 N–H and O–H groups in total. The molecule has 1 unspecified atom stereocenters. The van der Waals surface area contributed by atoms with Crippen molar-refractivity contribution >= 4 is 15.9 Å². The second-order valence-corrected chi connectivity index (χ2v) is 6.38. The molecule has 0 aliphatic rings. The smallest absolute Gasteiger partial charge is 0.0403 e. The fourth-order valence-corrected chi connectivity index (χ4v) is 3.68. The van der Waals surface area contributed by atoms with E-state index in [0.29, 0.717) is 4.83 Å². The van der Waals surface area contributed by atoms with E-state index in [4.69, 9.17) is 0 Å². The van der Waals surface area contributed by atoms with E-state index in [0.717, 1.165) is 5.92 Å². The van der Waals surface area contributed by atoms with Gasteiger partial charge in [-0.15, -0.1) is 0 Å². The van der Waals surface area contributed by atoms with E-state index in [1.165, 1.54) is 34.2 Å². The van der Waals surface area contributed by atoms with Crippen LogP contribution in [-0.4, -0.2) is 0 Å². The lowest BCUT2D eigenvalue weighted by atomic mass is 9.90. The van der Waals surface area contributed by atoms with Crippen LogP contribution in [0, 0.1) is 33.6 Å². The normalized spacial score (nSPS) is 13.2. The molecule has 0 nitrogen and oxygen atoms in total. The van der Waals surface area contributed by atoms with Gasteiger partial charge >= 0.3 is 0 Å². The van der Waals surface area contributed by atoms with Crippen molar-refractivity contribution < 1.29 is 0 Å². The minimum atomic E-state index is 0.492. The molecule has 0 bridgehead atoms. The molecule has 0 saturated carbocycles. The van der Waals surface area contributed by atoms with E-state index in [9.17, 15) is 0 Å². The fraction of sp³-hybridized carbons (Fsp3) is 0.600. The summed E-state index contributed by atoms with van der Waals surface area (Å²) in [5.41, 5.74) is 7.22. The number of aryl methyl sites for hydroxylation is 2. The van der Waals surface area contributed by atoms with Crippen LogP contribution in [0.2, 0.25) is 0 Å². The number of benzene rings is 1. The fourth-order valence-electron chi connectivity index (χ4n) is 2.25. The molecule has 0 spiro atoms. The molecule has 0 aliphatic heterocycles. The molecule has 0 aromatic heterocycles. The van der Waals surface area contributed by atoms with E-state index >= 15 is 0 Å². The first-order valence-electron chi connectivity index (χ1n) is 6.06. The third-order valence-electron chi connectivity index (χ3n) is 3.42. The Morgan fingerprint density at radius 1 is 1.00 bits per heavy atom. The Morgan fingerprint density at radius 2 is 1.44 bits per heavy atom. The van der Waals surface area contributed by atoms with Gasteiger partial charge in [0.05, 0.1) is 0 Å². The second-order valence-electron chi connectivity index (χ2n) is 5.27. The average molecular weight is 283 g/mol. The highest BCUT2D eigenvalue weighted by Crippen LogP contribution is 2.36. The molecule has 1 aromatic carbocycles. The van der Waals surface area contributed by atoms with Gasteiger partial charge in [0.25, 0.3) is 0 Å².